The quantitative estimate of drug-likeness (QED) is 0.173. The van der Waals surface area contributed by atoms with E-state index in [9.17, 15) is 9.90 Å². The molecule has 0 aromatic heterocycles. The van der Waals surface area contributed by atoms with Crippen LogP contribution in [0.15, 0.2) is 24.3 Å². The molecule has 0 aromatic carbocycles. The van der Waals surface area contributed by atoms with Crippen LogP contribution in [-0.4, -0.2) is 22.3 Å². The fourth-order valence-electron chi connectivity index (χ4n) is 3.17. The molecule has 0 rings (SSSR count). The average Bonchev–Trinajstić information content (AvgIpc) is 2.64. The second kappa shape index (κ2) is 21.2. The fraction of sp³-hybridized carbons (Fsp3) is 0.792. The first-order chi connectivity index (χ1) is 13.2. The van der Waals surface area contributed by atoms with Crippen molar-refractivity contribution >= 4 is 5.97 Å². The van der Waals surface area contributed by atoms with E-state index in [0.717, 1.165) is 57.8 Å². The summed E-state index contributed by atoms with van der Waals surface area (Å²) in [5.41, 5.74) is 0. The smallest absolute Gasteiger partial charge is 0.303 e. The van der Waals surface area contributed by atoms with Gasteiger partial charge in [-0.2, -0.15) is 0 Å². The Morgan fingerprint density at radius 1 is 0.778 bits per heavy atom. The van der Waals surface area contributed by atoms with Gasteiger partial charge in [0.2, 0.25) is 0 Å². The van der Waals surface area contributed by atoms with Crippen LogP contribution >= 0.6 is 0 Å². The number of unbranched alkanes of at least 4 members (excludes halogenated alkanes) is 11. The van der Waals surface area contributed by atoms with Gasteiger partial charge >= 0.3 is 5.97 Å². The number of allylic oxidation sites excluding steroid dienone is 3. The zero-order valence-corrected chi connectivity index (χ0v) is 17.7. The summed E-state index contributed by atoms with van der Waals surface area (Å²) in [4.78, 5) is 10.4. The van der Waals surface area contributed by atoms with Crippen LogP contribution in [-0.2, 0) is 4.79 Å². The number of aliphatic hydroxyl groups excluding tert-OH is 1. The first-order valence-corrected chi connectivity index (χ1v) is 11.4. The standard InChI is InChI=1S/C24H44O3/c1-2-3-4-5-6-7-8-9-10-11-14-17-20-23(25)21-18-15-12-13-16-19-22-24(26)27/h9-10,14,17,23,25H,2-8,11-13,15-16,18-22H2,1H3,(H,26,27). The maximum absolute atomic E-state index is 10.4. The zero-order valence-electron chi connectivity index (χ0n) is 17.7. The SMILES string of the molecule is CCCCCCCCC=CCC=CCC(O)CCCCCCCCC(=O)O. The molecule has 2 N–H and O–H groups in total. The lowest BCUT2D eigenvalue weighted by Crippen LogP contribution is -2.04. The van der Waals surface area contributed by atoms with Gasteiger partial charge in [0.05, 0.1) is 6.10 Å². The zero-order chi connectivity index (χ0) is 20.0. The van der Waals surface area contributed by atoms with Crippen molar-refractivity contribution in [2.24, 2.45) is 0 Å². The molecule has 0 heterocycles. The first-order valence-electron chi connectivity index (χ1n) is 11.4. The normalized spacial score (nSPS) is 13.0. The molecule has 0 radical (unpaired) electrons. The van der Waals surface area contributed by atoms with Crippen LogP contribution in [0.2, 0.25) is 0 Å². The summed E-state index contributed by atoms with van der Waals surface area (Å²) < 4.78 is 0. The number of carbonyl (C=O) groups is 1. The van der Waals surface area contributed by atoms with Gasteiger partial charge in [0.25, 0.3) is 0 Å². The minimum atomic E-state index is -0.695. The van der Waals surface area contributed by atoms with Crippen molar-refractivity contribution in [1.29, 1.82) is 0 Å². The molecule has 0 saturated carbocycles. The van der Waals surface area contributed by atoms with Crippen LogP contribution in [0, 0.1) is 0 Å². The summed E-state index contributed by atoms with van der Waals surface area (Å²) in [6, 6.07) is 0. The number of hydrogen-bond donors (Lipinski definition) is 2. The topological polar surface area (TPSA) is 57.5 Å². The summed E-state index contributed by atoms with van der Waals surface area (Å²) in [6.07, 6.45) is 27.0. The van der Waals surface area contributed by atoms with Crippen molar-refractivity contribution in [3.63, 3.8) is 0 Å². The maximum Gasteiger partial charge on any atom is 0.303 e. The molecule has 0 aliphatic rings. The molecule has 0 amide bonds. The van der Waals surface area contributed by atoms with Gasteiger partial charge in [0.15, 0.2) is 0 Å². The van der Waals surface area contributed by atoms with Gasteiger partial charge in [-0.25, -0.2) is 0 Å². The molecule has 0 aromatic rings. The number of carboxylic acids is 1. The van der Waals surface area contributed by atoms with Crippen LogP contribution in [0.4, 0.5) is 0 Å². The van der Waals surface area contributed by atoms with E-state index >= 15 is 0 Å². The molecule has 27 heavy (non-hydrogen) atoms. The highest BCUT2D eigenvalue weighted by atomic mass is 16.4. The van der Waals surface area contributed by atoms with Crippen LogP contribution < -0.4 is 0 Å². The maximum atomic E-state index is 10.4. The Morgan fingerprint density at radius 2 is 1.37 bits per heavy atom. The molecule has 0 aliphatic carbocycles. The van der Waals surface area contributed by atoms with E-state index in [2.05, 4.69) is 31.2 Å². The van der Waals surface area contributed by atoms with E-state index < -0.39 is 5.97 Å². The molecule has 3 heteroatoms. The molecule has 0 aliphatic heterocycles. The highest BCUT2D eigenvalue weighted by molar-refractivity contribution is 5.66. The van der Waals surface area contributed by atoms with Gasteiger partial charge in [-0.05, 0) is 38.5 Å². The summed E-state index contributed by atoms with van der Waals surface area (Å²) in [5.74, 6) is -0.695. The Labute approximate surface area is 168 Å². The largest absolute Gasteiger partial charge is 0.481 e. The highest BCUT2D eigenvalue weighted by Gasteiger charge is 2.01. The summed E-state index contributed by atoms with van der Waals surface area (Å²) >= 11 is 0. The van der Waals surface area contributed by atoms with E-state index in [1.54, 1.807) is 0 Å². The molecule has 0 saturated heterocycles. The van der Waals surface area contributed by atoms with Gasteiger partial charge < -0.3 is 10.2 Å². The van der Waals surface area contributed by atoms with Crippen molar-refractivity contribution in [3.05, 3.63) is 24.3 Å². The molecule has 1 unspecified atom stereocenters. The van der Waals surface area contributed by atoms with Crippen molar-refractivity contribution in [2.45, 2.75) is 122 Å². The van der Waals surface area contributed by atoms with Gasteiger partial charge in [0, 0.05) is 6.42 Å². The van der Waals surface area contributed by atoms with Crippen LogP contribution in [0.25, 0.3) is 0 Å². The van der Waals surface area contributed by atoms with E-state index in [4.69, 9.17) is 5.11 Å². The molecule has 158 valence electrons. The molecule has 0 spiro atoms. The van der Waals surface area contributed by atoms with Crippen LogP contribution in [0.1, 0.15) is 116 Å². The number of aliphatic carboxylic acids is 1. The number of aliphatic hydroxyl groups is 1. The molecule has 1 atom stereocenters. The Kier molecular flexibility index (Phi) is 20.4. The van der Waals surface area contributed by atoms with Gasteiger partial charge in [0.1, 0.15) is 0 Å². The lowest BCUT2D eigenvalue weighted by Gasteiger charge is -2.07. The van der Waals surface area contributed by atoms with Gasteiger partial charge in [-0.1, -0.05) is 95.4 Å². The summed E-state index contributed by atoms with van der Waals surface area (Å²) in [5, 5.41) is 18.5. The van der Waals surface area contributed by atoms with Crippen molar-refractivity contribution < 1.29 is 15.0 Å². The first kappa shape index (κ1) is 25.9. The van der Waals surface area contributed by atoms with Gasteiger partial charge in [-0.15, -0.1) is 0 Å². The van der Waals surface area contributed by atoms with Crippen molar-refractivity contribution in [2.75, 3.05) is 0 Å². The fourth-order valence-corrected chi connectivity index (χ4v) is 3.17. The van der Waals surface area contributed by atoms with E-state index in [0.29, 0.717) is 6.42 Å². The van der Waals surface area contributed by atoms with Crippen LogP contribution in [0.5, 0.6) is 0 Å². The van der Waals surface area contributed by atoms with E-state index in [1.165, 1.54) is 44.9 Å². The van der Waals surface area contributed by atoms with E-state index in [-0.39, 0.29) is 6.10 Å². The highest BCUT2D eigenvalue weighted by Crippen LogP contribution is 2.12. The Balaban J connectivity index is 3.35. The second-order valence-corrected chi connectivity index (χ2v) is 7.68. The predicted molar refractivity (Wildman–Crippen MR) is 116 cm³/mol. The lowest BCUT2D eigenvalue weighted by atomic mass is 10.0. The van der Waals surface area contributed by atoms with Crippen molar-refractivity contribution in [1.82, 2.24) is 0 Å². The summed E-state index contributed by atoms with van der Waals surface area (Å²) in [7, 11) is 0. The molecule has 0 bridgehead atoms. The number of hydrogen-bond acceptors (Lipinski definition) is 2. The Morgan fingerprint density at radius 3 is 2.07 bits per heavy atom. The summed E-state index contributed by atoms with van der Waals surface area (Å²) in [6.45, 7) is 2.25. The third-order valence-electron chi connectivity index (χ3n) is 4.92. The molecule has 3 nitrogen and oxygen atoms in total. The lowest BCUT2D eigenvalue weighted by molar-refractivity contribution is -0.137. The van der Waals surface area contributed by atoms with Gasteiger partial charge in [-0.3, -0.25) is 4.79 Å². The second-order valence-electron chi connectivity index (χ2n) is 7.68. The molecule has 0 fully saturated rings. The Hall–Kier alpha value is -1.09. The Bertz CT molecular complexity index is 374. The van der Waals surface area contributed by atoms with Crippen molar-refractivity contribution in [3.8, 4) is 0 Å². The minimum Gasteiger partial charge on any atom is -0.481 e. The third kappa shape index (κ3) is 22.9. The third-order valence-corrected chi connectivity index (χ3v) is 4.92. The molecular formula is C24H44O3. The predicted octanol–water partition coefficient (Wildman–Crippen LogP) is 7.20. The van der Waals surface area contributed by atoms with E-state index in [1.807, 2.05) is 0 Å². The molecular weight excluding hydrogens is 336 g/mol. The number of carboxylic acid groups (broad SMARTS) is 1. The monoisotopic (exact) mass is 380 g/mol. The minimum absolute atomic E-state index is 0.222. The number of rotatable bonds is 20. The van der Waals surface area contributed by atoms with Crippen LogP contribution in [0.3, 0.4) is 0 Å². The average molecular weight is 381 g/mol.